The molecule has 3 rings (SSSR count). The second-order valence-corrected chi connectivity index (χ2v) is 8.56. The zero-order valence-corrected chi connectivity index (χ0v) is 15.8. The van der Waals surface area contributed by atoms with Gasteiger partial charge in [0.05, 0.1) is 0 Å². The van der Waals surface area contributed by atoms with Gasteiger partial charge in [-0.05, 0) is 60.6 Å². The van der Waals surface area contributed by atoms with Gasteiger partial charge in [0, 0.05) is 0 Å². The third-order valence-corrected chi connectivity index (χ3v) is 7.08. The lowest BCUT2D eigenvalue weighted by molar-refractivity contribution is 0.124. The van der Waals surface area contributed by atoms with Crippen molar-refractivity contribution in [3.8, 4) is 0 Å². The van der Waals surface area contributed by atoms with Crippen LogP contribution in [0.5, 0.6) is 0 Å². The normalized spacial score (nSPS) is 26.5. The second kappa shape index (κ2) is 8.64. The highest BCUT2D eigenvalue weighted by atomic mass is 19.2. The average molecular weight is 349 g/mol. The molecular weight excluding hydrogens is 314 g/mol. The lowest BCUT2D eigenvalue weighted by Gasteiger charge is -2.47. The molecule has 0 aromatic heterocycles. The Morgan fingerprint density at radius 1 is 0.920 bits per heavy atom. The molecule has 2 saturated carbocycles. The van der Waals surface area contributed by atoms with Crippen molar-refractivity contribution < 1.29 is 8.78 Å². The van der Waals surface area contributed by atoms with Crippen LogP contribution < -0.4 is 0 Å². The van der Waals surface area contributed by atoms with Crippen molar-refractivity contribution >= 4 is 0 Å². The van der Waals surface area contributed by atoms with E-state index in [2.05, 4.69) is 6.92 Å². The molecule has 0 atom stereocenters. The van der Waals surface area contributed by atoms with Crippen molar-refractivity contribution in [3.63, 3.8) is 0 Å². The third-order valence-electron chi connectivity index (χ3n) is 7.08. The fraction of sp³-hybridized carbons (Fsp3) is 0.739. The van der Waals surface area contributed by atoms with Gasteiger partial charge in [0.1, 0.15) is 0 Å². The SMILES string of the molecule is CCCCCC1CCC(C2(c3ccc(F)c(F)c3)CCCCC2)CC1. The summed E-state index contributed by atoms with van der Waals surface area (Å²) in [5.41, 5.74) is 1.17. The Hall–Kier alpha value is -0.920. The minimum Gasteiger partial charge on any atom is -0.204 e. The predicted molar refractivity (Wildman–Crippen MR) is 101 cm³/mol. The van der Waals surface area contributed by atoms with E-state index in [4.69, 9.17) is 0 Å². The summed E-state index contributed by atoms with van der Waals surface area (Å²) in [6.07, 6.45) is 16.7. The van der Waals surface area contributed by atoms with E-state index in [1.165, 1.54) is 82.8 Å². The largest absolute Gasteiger partial charge is 0.204 e. The van der Waals surface area contributed by atoms with Gasteiger partial charge >= 0.3 is 0 Å². The van der Waals surface area contributed by atoms with Gasteiger partial charge in [0.25, 0.3) is 0 Å². The van der Waals surface area contributed by atoms with Gasteiger partial charge in [0.15, 0.2) is 11.6 Å². The maximum Gasteiger partial charge on any atom is 0.159 e. The van der Waals surface area contributed by atoms with Crippen LogP contribution in [0.15, 0.2) is 18.2 Å². The summed E-state index contributed by atoms with van der Waals surface area (Å²) >= 11 is 0. The third kappa shape index (κ3) is 4.26. The molecule has 25 heavy (non-hydrogen) atoms. The molecule has 0 N–H and O–H groups in total. The molecule has 2 aliphatic rings. The Morgan fingerprint density at radius 3 is 2.28 bits per heavy atom. The number of benzene rings is 1. The van der Waals surface area contributed by atoms with E-state index in [0.717, 1.165) is 24.3 Å². The van der Waals surface area contributed by atoms with E-state index in [9.17, 15) is 8.78 Å². The first kappa shape index (κ1) is 18.9. The summed E-state index contributed by atoms with van der Waals surface area (Å²) in [6, 6.07) is 4.72. The molecule has 2 aliphatic carbocycles. The van der Waals surface area contributed by atoms with Crippen molar-refractivity contribution in [2.24, 2.45) is 11.8 Å². The van der Waals surface area contributed by atoms with Crippen LogP contribution in [-0.4, -0.2) is 0 Å². The molecule has 0 aliphatic heterocycles. The molecule has 2 heteroatoms. The van der Waals surface area contributed by atoms with E-state index < -0.39 is 11.6 Å². The topological polar surface area (TPSA) is 0 Å². The van der Waals surface area contributed by atoms with Crippen molar-refractivity contribution in [2.75, 3.05) is 0 Å². The van der Waals surface area contributed by atoms with Crippen LogP contribution in [-0.2, 0) is 5.41 Å². The Kier molecular flexibility index (Phi) is 6.52. The summed E-state index contributed by atoms with van der Waals surface area (Å²) in [6.45, 7) is 2.27. The van der Waals surface area contributed by atoms with E-state index in [-0.39, 0.29) is 5.41 Å². The lowest BCUT2D eigenvalue weighted by atomic mass is 9.57. The Balaban J connectivity index is 1.72. The van der Waals surface area contributed by atoms with Gasteiger partial charge in [-0.3, -0.25) is 0 Å². The second-order valence-electron chi connectivity index (χ2n) is 8.56. The van der Waals surface area contributed by atoms with Gasteiger partial charge in [-0.2, -0.15) is 0 Å². The highest BCUT2D eigenvalue weighted by molar-refractivity contribution is 5.29. The van der Waals surface area contributed by atoms with Gasteiger partial charge in [-0.15, -0.1) is 0 Å². The lowest BCUT2D eigenvalue weighted by Crippen LogP contribution is -2.39. The molecular formula is C23H34F2. The van der Waals surface area contributed by atoms with Crippen LogP contribution in [0.2, 0.25) is 0 Å². The number of halogens is 2. The van der Waals surface area contributed by atoms with E-state index >= 15 is 0 Å². The van der Waals surface area contributed by atoms with Gasteiger partial charge in [-0.1, -0.05) is 70.8 Å². The van der Waals surface area contributed by atoms with Crippen LogP contribution in [0.25, 0.3) is 0 Å². The van der Waals surface area contributed by atoms with Gasteiger partial charge in [0.2, 0.25) is 0 Å². The molecule has 0 bridgehead atoms. The van der Waals surface area contributed by atoms with Crippen LogP contribution in [0.1, 0.15) is 96.0 Å². The molecule has 0 amide bonds. The number of rotatable bonds is 6. The zero-order valence-electron chi connectivity index (χ0n) is 15.8. The summed E-state index contributed by atoms with van der Waals surface area (Å²) in [7, 11) is 0. The standard InChI is InChI=1S/C23H34F2/c1-2-3-5-8-18-9-11-19(12-10-18)23(15-6-4-7-16-23)20-13-14-21(24)22(25)17-20/h13-14,17-19H,2-12,15-16H2,1H3. The monoisotopic (exact) mass is 348 g/mol. The molecule has 2 fully saturated rings. The van der Waals surface area contributed by atoms with Crippen molar-refractivity contribution in [3.05, 3.63) is 35.4 Å². The molecule has 0 saturated heterocycles. The van der Waals surface area contributed by atoms with Crippen molar-refractivity contribution in [2.45, 2.75) is 95.8 Å². The maximum absolute atomic E-state index is 13.9. The van der Waals surface area contributed by atoms with Crippen LogP contribution in [0.4, 0.5) is 8.78 Å². The molecule has 0 unspecified atom stereocenters. The highest BCUT2D eigenvalue weighted by Gasteiger charge is 2.42. The van der Waals surface area contributed by atoms with Gasteiger partial charge < -0.3 is 0 Å². The highest BCUT2D eigenvalue weighted by Crippen LogP contribution is 2.51. The molecule has 0 nitrogen and oxygen atoms in total. The fourth-order valence-corrected chi connectivity index (χ4v) is 5.61. The number of hydrogen-bond donors (Lipinski definition) is 0. The average Bonchev–Trinajstić information content (AvgIpc) is 2.65. The fourth-order valence-electron chi connectivity index (χ4n) is 5.61. The van der Waals surface area contributed by atoms with E-state index in [1.807, 2.05) is 6.07 Å². The van der Waals surface area contributed by atoms with E-state index in [1.54, 1.807) is 0 Å². The van der Waals surface area contributed by atoms with Crippen molar-refractivity contribution in [1.29, 1.82) is 0 Å². The molecule has 1 aromatic carbocycles. The predicted octanol–water partition coefficient (Wildman–Crippen LogP) is 7.55. The number of hydrogen-bond acceptors (Lipinski definition) is 0. The van der Waals surface area contributed by atoms with Crippen LogP contribution >= 0.6 is 0 Å². The summed E-state index contributed by atoms with van der Waals surface area (Å²) in [5, 5.41) is 0. The first-order valence-electron chi connectivity index (χ1n) is 10.6. The maximum atomic E-state index is 13.9. The summed E-state index contributed by atoms with van der Waals surface area (Å²) in [4.78, 5) is 0. The van der Waals surface area contributed by atoms with Crippen LogP contribution in [0.3, 0.4) is 0 Å². The van der Waals surface area contributed by atoms with Gasteiger partial charge in [-0.25, -0.2) is 8.78 Å². The van der Waals surface area contributed by atoms with Crippen LogP contribution in [0, 0.1) is 23.5 Å². The first-order chi connectivity index (χ1) is 12.2. The number of unbranched alkanes of at least 4 members (excludes halogenated alkanes) is 2. The molecule has 140 valence electrons. The minimum absolute atomic E-state index is 0.0984. The Morgan fingerprint density at radius 2 is 1.64 bits per heavy atom. The Bertz CT molecular complexity index is 537. The molecule has 0 spiro atoms. The molecule has 1 aromatic rings. The zero-order chi connectivity index (χ0) is 17.7. The minimum atomic E-state index is -0.714. The molecule has 0 heterocycles. The van der Waals surface area contributed by atoms with E-state index in [0.29, 0.717) is 5.92 Å². The summed E-state index contributed by atoms with van der Waals surface area (Å²) in [5.74, 6) is 0.165. The summed E-state index contributed by atoms with van der Waals surface area (Å²) < 4.78 is 27.4. The van der Waals surface area contributed by atoms with Crippen molar-refractivity contribution in [1.82, 2.24) is 0 Å². The first-order valence-corrected chi connectivity index (χ1v) is 10.6. The Labute approximate surface area is 152 Å². The molecule has 0 radical (unpaired) electrons. The smallest absolute Gasteiger partial charge is 0.159 e. The quantitative estimate of drug-likeness (QED) is 0.465.